The second-order valence-electron chi connectivity index (χ2n) is 1.96. The topological polar surface area (TPSA) is 40.5 Å². The molecule has 0 spiro atoms. The van der Waals surface area contributed by atoms with Gasteiger partial charge in [0.15, 0.2) is 0 Å². The second kappa shape index (κ2) is 3.07. The third-order valence-corrected chi connectivity index (χ3v) is 1.38. The number of terminal acetylenes is 1. The summed E-state index contributed by atoms with van der Waals surface area (Å²) >= 11 is 5.21. The van der Waals surface area contributed by atoms with Crippen LogP contribution in [0, 0.1) is 12.3 Å². The van der Waals surface area contributed by atoms with Crippen LogP contribution in [0.4, 0.5) is 0 Å². The van der Waals surface area contributed by atoms with Crippen LogP contribution in [0.2, 0.25) is 0 Å². The van der Waals surface area contributed by atoms with E-state index < -0.39 is 11.7 Å². The van der Waals surface area contributed by atoms with E-state index in [1.165, 1.54) is 6.92 Å². The first kappa shape index (κ1) is 8.77. The molecule has 0 aliphatic carbocycles. The van der Waals surface area contributed by atoms with Crippen molar-refractivity contribution in [2.24, 2.45) is 0 Å². The van der Waals surface area contributed by atoms with E-state index in [0.29, 0.717) is 0 Å². The van der Waals surface area contributed by atoms with Gasteiger partial charge in [-0.25, -0.2) is 0 Å². The Bertz CT molecular complexity index is 126. The Morgan fingerprint density at radius 3 is 2.44 bits per heavy atom. The normalized spacial score (nSPS) is 19.9. The molecule has 0 radical (unpaired) electrons. The summed E-state index contributed by atoms with van der Waals surface area (Å²) in [6.45, 7) is 1.33. The van der Waals surface area contributed by atoms with Gasteiger partial charge in [0, 0.05) is 0 Å². The highest BCUT2D eigenvalue weighted by atomic mass is 35.5. The summed E-state index contributed by atoms with van der Waals surface area (Å²) < 4.78 is 0. The number of rotatable bonds is 2. The summed E-state index contributed by atoms with van der Waals surface area (Å²) in [5.74, 6) is 1.95. The molecule has 3 heteroatoms. The van der Waals surface area contributed by atoms with Gasteiger partial charge in [-0.1, -0.05) is 5.92 Å². The summed E-state index contributed by atoms with van der Waals surface area (Å²) in [7, 11) is 0. The molecule has 52 valence electrons. The van der Waals surface area contributed by atoms with Crippen molar-refractivity contribution in [2.45, 2.75) is 18.6 Å². The molecule has 0 heterocycles. The Hall–Kier alpha value is -0.230. The third kappa shape index (κ3) is 2.23. The van der Waals surface area contributed by atoms with E-state index in [9.17, 15) is 0 Å². The van der Waals surface area contributed by atoms with E-state index in [-0.39, 0.29) is 5.88 Å². The van der Waals surface area contributed by atoms with Crippen LogP contribution in [-0.2, 0) is 0 Å². The van der Waals surface area contributed by atoms with Crippen LogP contribution >= 0.6 is 11.6 Å². The lowest BCUT2D eigenvalue weighted by atomic mass is 10.0. The minimum atomic E-state index is -1.50. The van der Waals surface area contributed by atoms with Gasteiger partial charge in [-0.15, -0.1) is 18.0 Å². The first-order valence-corrected chi connectivity index (χ1v) is 3.02. The molecule has 0 aromatic carbocycles. The summed E-state index contributed by atoms with van der Waals surface area (Å²) in [5, 5.41) is 17.9. The van der Waals surface area contributed by atoms with Gasteiger partial charge >= 0.3 is 0 Å². The van der Waals surface area contributed by atoms with Gasteiger partial charge in [0.25, 0.3) is 0 Å². The Morgan fingerprint density at radius 2 is 2.33 bits per heavy atom. The van der Waals surface area contributed by atoms with Crippen molar-refractivity contribution in [1.29, 1.82) is 0 Å². The maximum atomic E-state index is 9.02. The van der Waals surface area contributed by atoms with E-state index >= 15 is 0 Å². The highest BCUT2D eigenvalue weighted by Crippen LogP contribution is 2.08. The fourth-order valence-corrected chi connectivity index (χ4v) is 0.547. The van der Waals surface area contributed by atoms with Crippen molar-refractivity contribution in [3.63, 3.8) is 0 Å². The predicted octanol–water partition coefficient (Wildman–Crippen LogP) is -0.0297. The lowest BCUT2D eigenvalue weighted by Gasteiger charge is -2.20. The molecule has 0 bridgehead atoms. The second-order valence-corrected chi connectivity index (χ2v) is 2.27. The highest BCUT2D eigenvalue weighted by molar-refractivity contribution is 6.18. The number of aliphatic hydroxyl groups is 2. The van der Waals surface area contributed by atoms with Crippen LogP contribution in [-0.4, -0.2) is 27.8 Å². The number of alkyl halides is 1. The zero-order valence-electron chi connectivity index (χ0n) is 5.13. The molecule has 9 heavy (non-hydrogen) atoms. The third-order valence-electron chi connectivity index (χ3n) is 1.09. The standard InChI is InChI=1S/C6H9ClO2/c1-3-6(2,9)5(8)4-7/h1,5,8-9H,4H2,2H3/t5-,6+/m0/s1. The maximum absolute atomic E-state index is 9.02. The van der Waals surface area contributed by atoms with Gasteiger partial charge in [-0.3, -0.25) is 0 Å². The fraction of sp³-hybridized carbons (Fsp3) is 0.667. The van der Waals surface area contributed by atoms with E-state index in [1.54, 1.807) is 0 Å². The van der Waals surface area contributed by atoms with Crippen LogP contribution in [0.3, 0.4) is 0 Å². The van der Waals surface area contributed by atoms with E-state index in [2.05, 4.69) is 0 Å². The smallest absolute Gasteiger partial charge is 0.149 e. The molecule has 2 nitrogen and oxygen atoms in total. The monoisotopic (exact) mass is 148 g/mol. The zero-order valence-corrected chi connectivity index (χ0v) is 5.89. The maximum Gasteiger partial charge on any atom is 0.149 e. The first-order chi connectivity index (χ1) is 4.04. The molecule has 0 aliphatic heterocycles. The molecule has 2 atom stereocenters. The molecular formula is C6H9ClO2. The summed E-state index contributed by atoms with van der Waals surface area (Å²) in [4.78, 5) is 0. The predicted molar refractivity (Wildman–Crippen MR) is 36.2 cm³/mol. The number of aliphatic hydroxyl groups excluding tert-OH is 1. The van der Waals surface area contributed by atoms with Crippen LogP contribution in [0.25, 0.3) is 0 Å². The number of hydrogen-bond acceptors (Lipinski definition) is 2. The Morgan fingerprint density at radius 1 is 1.89 bits per heavy atom. The number of halogens is 1. The van der Waals surface area contributed by atoms with Gasteiger partial charge in [-0.05, 0) is 6.92 Å². The largest absolute Gasteiger partial charge is 0.388 e. The average molecular weight is 149 g/mol. The fourth-order valence-electron chi connectivity index (χ4n) is 0.246. The van der Waals surface area contributed by atoms with Crippen molar-refractivity contribution < 1.29 is 10.2 Å². The Kier molecular flexibility index (Phi) is 2.99. The van der Waals surface area contributed by atoms with Crippen molar-refractivity contribution in [1.82, 2.24) is 0 Å². The Labute approximate surface area is 59.5 Å². The van der Waals surface area contributed by atoms with Gasteiger partial charge in [-0.2, -0.15) is 0 Å². The van der Waals surface area contributed by atoms with Gasteiger partial charge in [0.05, 0.1) is 5.88 Å². The Balaban J connectivity index is 4.01. The van der Waals surface area contributed by atoms with Crippen LogP contribution in [0.5, 0.6) is 0 Å². The molecule has 0 aromatic heterocycles. The lowest BCUT2D eigenvalue weighted by Crippen LogP contribution is -2.38. The van der Waals surface area contributed by atoms with Crippen molar-refractivity contribution >= 4 is 11.6 Å². The first-order valence-electron chi connectivity index (χ1n) is 2.48. The van der Waals surface area contributed by atoms with Gasteiger partial charge < -0.3 is 10.2 Å². The van der Waals surface area contributed by atoms with Crippen molar-refractivity contribution in [3.05, 3.63) is 0 Å². The van der Waals surface area contributed by atoms with Crippen molar-refractivity contribution in [3.8, 4) is 12.3 Å². The molecule has 0 amide bonds. The van der Waals surface area contributed by atoms with Crippen LogP contribution < -0.4 is 0 Å². The van der Waals surface area contributed by atoms with Gasteiger partial charge in [0.2, 0.25) is 0 Å². The van der Waals surface area contributed by atoms with E-state index in [4.69, 9.17) is 28.2 Å². The molecule has 0 saturated carbocycles. The highest BCUT2D eigenvalue weighted by Gasteiger charge is 2.26. The summed E-state index contributed by atoms with van der Waals surface area (Å²) in [6.07, 6.45) is 3.81. The molecular weight excluding hydrogens is 140 g/mol. The quantitative estimate of drug-likeness (QED) is 0.427. The molecule has 0 aromatic rings. The molecule has 0 aliphatic rings. The minimum absolute atomic E-state index is 0.0583. The lowest BCUT2D eigenvalue weighted by molar-refractivity contribution is -0.00574. The molecule has 0 fully saturated rings. The molecule has 0 saturated heterocycles. The molecule has 0 rings (SSSR count). The van der Waals surface area contributed by atoms with E-state index in [1.807, 2.05) is 5.92 Å². The van der Waals surface area contributed by atoms with Crippen molar-refractivity contribution in [2.75, 3.05) is 5.88 Å². The number of hydrogen-bond donors (Lipinski definition) is 2. The zero-order chi connectivity index (χ0) is 7.49. The van der Waals surface area contributed by atoms with Crippen LogP contribution in [0.1, 0.15) is 6.92 Å². The van der Waals surface area contributed by atoms with Crippen LogP contribution in [0.15, 0.2) is 0 Å². The summed E-state index contributed by atoms with van der Waals surface area (Å²) in [6, 6.07) is 0. The SMILES string of the molecule is C#C[C@@](C)(O)[C@@H](O)CCl. The summed E-state index contributed by atoms with van der Waals surface area (Å²) in [5.41, 5.74) is -1.50. The molecule has 2 N–H and O–H groups in total. The average Bonchev–Trinajstić information content (AvgIpc) is 1.86. The minimum Gasteiger partial charge on any atom is -0.388 e. The van der Waals surface area contributed by atoms with Gasteiger partial charge in [0.1, 0.15) is 11.7 Å². The molecule has 0 unspecified atom stereocenters. The van der Waals surface area contributed by atoms with E-state index in [0.717, 1.165) is 0 Å².